The third kappa shape index (κ3) is 5.01. The van der Waals surface area contributed by atoms with E-state index in [0.29, 0.717) is 22.5 Å². The fourth-order valence-electron chi connectivity index (χ4n) is 2.70. The highest BCUT2D eigenvalue weighted by Gasteiger charge is 2.26. The third-order valence-corrected chi connectivity index (χ3v) is 4.21. The Labute approximate surface area is 167 Å². The normalized spacial score (nSPS) is 11.4. The maximum Gasteiger partial charge on any atom is 0.355 e. The van der Waals surface area contributed by atoms with Crippen molar-refractivity contribution in [2.75, 3.05) is 11.9 Å². The number of H-pyrrole nitrogens is 1. The molecule has 0 aliphatic heterocycles. The summed E-state index contributed by atoms with van der Waals surface area (Å²) in [6.07, 6.45) is -1.10. The zero-order valence-corrected chi connectivity index (χ0v) is 16.6. The van der Waals surface area contributed by atoms with Crippen molar-refractivity contribution in [3.05, 3.63) is 52.3 Å². The van der Waals surface area contributed by atoms with E-state index in [2.05, 4.69) is 10.3 Å². The first-order valence-corrected chi connectivity index (χ1v) is 8.93. The molecule has 154 valence electrons. The molecular formula is C20H23N3O6. The summed E-state index contributed by atoms with van der Waals surface area (Å²) in [5.74, 6) is -2.45. The molecule has 0 aliphatic rings. The molecule has 1 aromatic heterocycles. The average Bonchev–Trinajstić information content (AvgIpc) is 2.96. The van der Waals surface area contributed by atoms with Crippen LogP contribution in [0.15, 0.2) is 24.3 Å². The van der Waals surface area contributed by atoms with Gasteiger partial charge < -0.3 is 25.5 Å². The molecule has 0 saturated carbocycles. The maximum absolute atomic E-state index is 12.5. The summed E-state index contributed by atoms with van der Waals surface area (Å²) in [6.45, 7) is 6.55. The van der Waals surface area contributed by atoms with Crippen LogP contribution in [-0.4, -0.2) is 41.4 Å². The van der Waals surface area contributed by atoms with Crippen LogP contribution in [0.25, 0.3) is 0 Å². The molecule has 0 fully saturated rings. The first-order valence-electron chi connectivity index (χ1n) is 8.93. The number of aromatic nitrogens is 1. The number of aryl methyl sites for hydroxylation is 1. The van der Waals surface area contributed by atoms with E-state index >= 15 is 0 Å². The zero-order chi connectivity index (χ0) is 21.7. The van der Waals surface area contributed by atoms with Gasteiger partial charge in [-0.3, -0.25) is 9.59 Å². The minimum absolute atomic E-state index is 0.0796. The van der Waals surface area contributed by atoms with Gasteiger partial charge in [0.05, 0.1) is 12.2 Å². The fraction of sp³-hybridized carbons (Fsp3) is 0.300. The second-order valence-corrected chi connectivity index (χ2v) is 6.32. The molecule has 29 heavy (non-hydrogen) atoms. The van der Waals surface area contributed by atoms with Crippen molar-refractivity contribution in [3.8, 4) is 0 Å². The lowest BCUT2D eigenvalue weighted by Gasteiger charge is -2.13. The van der Waals surface area contributed by atoms with Crippen LogP contribution in [0, 0.1) is 13.8 Å². The number of hydrogen-bond acceptors (Lipinski definition) is 6. The molecule has 4 N–H and O–H groups in total. The number of hydrogen-bond donors (Lipinski definition) is 3. The van der Waals surface area contributed by atoms with Crippen molar-refractivity contribution < 1.29 is 28.7 Å². The molecule has 9 nitrogen and oxygen atoms in total. The number of primary amides is 1. The number of ether oxygens (including phenoxy) is 2. The Kier molecular flexibility index (Phi) is 6.76. The van der Waals surface area contributed by atoms with E-state index in [4.69, 9.17) is 15.2 Å². The Balaban J connectivity index is 2.06. The summed E-state index contributed by atoms with van der Waals surface area (Å²) in [7, 11) is 0. The lowest BCUT2D eigenvalue weighted by Crippen LogP contribution is -2.30. The first-order chi connectivity index (χ1) is 13.6. The molecular weight excluding hydrogens is 378 g/mol. The highest BCUT2D eigenvalue weighted by atomic mass is 16.5. The average molecular weight is 401 g/mol. The first kappa shape index (κ1) is 21.7. The Morgan fingerprint density at radius 3 is 2.28 bits per heavy atom. The molecule has 9 heteroatoms. The summed E-state index contributed by atoms with van der Waals surface area (Å²) in [6, 6.07) is 5.96. The molecule has 1 atom stereocenters. The predicted molar refractivity (Wildman–Crippen MR) is 105 cm³/mol. The Hall–Kier alpha value is -3.62. The summed E-state index contributed by atoms with van der Waals surface area (Å²) >= 11 is 0. The van der Waals surface area contributed by atoms with Gasteiger partial charge in [0.2, 0.25) is 5.91 Å². The number of amides is 2. The van der Waals surface area contributed by atoms with Crippen LogP contribution in [0.3, 0.4) is 0 Å². The van der Waals surface area contributed by atoms with E-state index in [0.717, 1.165) is 0 Å². The van der Waals surface area contributed by atoms with Crippen molar-refractivity contribution in [1.29, 1.82) is 0 Å². The molecule has 1 aromatic carbocycles. The lowest BCUT2D eigenvalue weighted by atomic mass is 10.1. The number of aromatic amines is 1. The summed E-state index contributed by atoms with van der Waals surface area (Å²) in [4.78, 5) is 50.7. The van der Waals surface area contributed by atoms with Gasteiger partial charge in [-0.05, 0) is 57.5 Å². The number of esters is 2. The SMILES string of the molecule is CCOC(=O)c1c(C)[nH]c(C(=O)O[C@H](C)C(=O)Nc2ccc(C(N)=O)cc2)c1C. The van der Waals surface area contributed by atoms with Crippen molar-refractivity contribution in [1.82, 2.24) is 4.98 Å². The van der Waals surface area contributed by atoms with Gasteiger partial charge in [0, 0.05) is 16.9 Å². The minimum atomic E-state index is -1.10. The second kappa shape index (κ2) is 9.05. The molecule has 0 aliphatic carbocycles. The summed E-state index contributed by atoms with van der Waals surface area (Å²) < 4.78 is 10.2. The molecule has 0 bridgehead atoms. The predicted octanol–water partition coefficient (Wildman–Crippen LogP) is 2.09. The third-order valence-electron chi connectivity index (χ3n) is 4.21. The fourth-order valence-corrected chi connectivity index (χ4v) is 2.70. The van der Waals surface area contributed by atoms with Crippen LogP contribution in [0.2, 0.25) is 0 Å². The van der Waals surface area contributed by atoms with Crippen LogP contribution in [0.5, 0.6) is 0 Å². The highest BCUT2D eigenvalue weighted by Crippen LogP contribution is 2.20. The van der Waals surface area contributed by atoms with E-state index in [9.17, 15) is 19.2 Å². The van der Waals surface area contributed by atoms with E-state index in [-0.39, 0.29) is 17.9 Å². The molecule has 0 saturated heterocycles. The quantitative estimate of drug-likeness (QED) is 0.607. The van der Waals surface area contributed by atoms with Gasteiger partial charge in [-0.1, -0.05) is 0 Å². The van der Waals surface area contributed by atoms with E-state index < -0.39 is 29.9 Å². The molecule has 2 rings (SSSR count). The molecule has 2 amide bonds. The number of nitrogens with two attached hydrogens (primary N) is 1. The Bertz CT molecular complexity index is 946. The molecule has 2 aromatic rings. The summed E-state index contributed by atoms with van der Waals surface area (Å²) in [5, 5.41) is 2.58. The van der Waals surface area contributed by atoms with Crippen LogP contribution in [-0.2, 0) is 14.3 Å². The zero-order valence-electron chi connectivity index (χ0n) is 16.6. The molecule has 0 unspecified atom stereocenters. The van der Waals surface area contributed by atoms with Crippen molar-refractivity contribution in [2.24, 2.45) is 5.73 Å². The van der Waals surface area contributed by atoms with Gasteiger partial charge in [-0.15, -0.1) is 0 Å². The molecule has 0 spiro atoms. The largest absolute Gasteiger partial charge is 0.462 e. The Morgan fingerprint density at radius 2 is 1.72 bits per heavy atom. The van der Waals surface area contributed by atoms with Gasteiger partial charge in [-0.25, -0.2) is 9.59 Å². The van der Waals surface area contributed by atoms with Crippen LogP contribution in [0.1, 0.15) is 56.3 Å². The number of rotatable bonds is 7. The van der Waals surface area contributed by atoms with Gasteiger partial charge in [-0.2, -0.15) is 0 Å². The second-order valence-electron chi connectivity index (χ2n) is 6.32. The topological polar surface area (TPSA) is 141 Å². The standard InChI is InChI=1S/C20H23N3O6/c1-5-28-19(26)15-10(2)16(22-11(15)3)20(27)29-12(4)18(25)23-14-8-6-13(7-9-14)17(21)24/h6-9,12,22H,5H2,1-4H3,(H2,21,24)(H,23,25)/t12-/m1/s1. The van der Waals surface area contributed by atoms with Gasteiger partial charge in [0.15, 0.2) is 6.10 Å². The maximum atomic E-state index is 12.5. The van der Waals surface area contributed by atoms with Gasteiger partial charge in [0.25, 0.3) is 5.91 Å². The Morgan fingerprint density at radius 1 is 1.10 bits per heavy atom. The number of carbonyl (C=O) groups excluding carboxylic acids is 4. The molecule has 0 radical (unpaired) electrons. The smallest absolute Gasteiger partial charge is 0.355 e. The van der Waals surface area contributed by atoms with E-state index in [1.165, 1.54) is 31.2 Å². The van der Waals surface area contributed by atoms with E-state index in [1.807, 2.05) is 0 Å². The number of nitrogens with one attached hydrogen (secondary N) is 2. The van der Waals surface area contributed by atoms with Crippen LogP contribution >= 0.6 is 0 Å². The van der Waals surface area contributed by atoms with Gasteiger partial charge >= 0.3 is 11.9 Å². The number of benzene rings is 1. The van der Waals surface area contributed by atoms with Crippen LogP contribution in [0.4, 0.5) is 5.69 Å². The van der Waals surface area contributed by atoms with Crippen LogP contribution < -0.4 is 11.1 Å². The highest BCUT2D eigenvalue weighted by molar-refractivity contribution is 6.00. The van der Waals surface area contributed by atoms with Crippen molar-refractivity contribution in [3.63, 3.8) is 0 Å². The number of carbonyl (C=O) groups is 4. The molecule has 1 heterocycles. The van der Waals surface area contributed by atoms with Crippen molar-refractivity contribution >= 4 is 29.4 Å². The van der Waals surface area contributed by atoms with Crippen molar-refractivity contribution in [2.45, 2.75) is 33.8 Å². The monoisotopic (exact) mass is 401 g/mol. The minimum Gasteiger partial charge on any atom is -0.462 e. The van der Waals surface area contributed by atoms with E-state index in [1.54, 1.807) is 20.8 Å². The lowest BCUT2D eigenvalue weighted by molar-refractivity contribution is -0.123. The number of anilines is 1. The summed E-state index contributed by atoms with van der Waals surface area (Å²) in [5.41, 5.74) is 7.10. The van der Waals surface area contributed by atoms with Gasteiger partial charge in [0.1, 0.15) is 5.69 Å².